The number of hydrogen-bond acceptors (Lipinski definition) is 4. The van der Waals surface area contributed by atoms with Crippen molar-refractivity contribution in [2.45, 2.75) is 13.8 Å². The van der Waals surface area contributed by atoms with Gasteiger partial charge in [-0.15, -0.1) is 11.3 Å². The fourth-order valence-corrected chi connectivity index (χ4v) is 3.74. The Morgan fingerprint density at radius 2 is 2.09 bits per heavy atom. The molecule has 0 radical (unpaired) electrons. The SMILES string of the molecule is Cc1cc(F)ccc1NC(=O)c1sc(-c2ccsc2)nc1C. The summed E-state index contributed by atoms with van der Waals surface area (Å²) in [5.74, 6) is -0.532. The number of hydrogen-bond donors (Lipinski definition) is 1. The van der Waals surface area contributed by atoms with Gasteiger partial charge < -0.3 is 5.32 Å². The van der Waals surface area contributed by atoms with Crippen LogP contribution >= 0.6 is 22.7 Å². The second kappa shape index (κ2) is 5.98. The lowest BCUT2D eigenvalue weighted by Gasteiger charge is -2.07. The van der Waals surface area contributed by atoms with Gasteiger partial charge in [-0.3, -0.25) is 4.79 Å². The van der Waals surface area contributed by atoms with Crippen LogP contribution in [0.3, 0.4) is 0 Å². The van der Waals surface area contributed by atoms with Crippen LogP contribution in [0.15, 0.2) is 35.0 Å². The van der Waals surface area contributed by atoms with Gasteiger partial charge in [0.15, 0.2) is 0 Å². The van der Waals surface area contributed by atoms with Crippen molar-refractivity contribution in [2.75, 3.05) is 5.32 Å². The van der Waals surface area contributed by atoms with E-state index in [4.69, 9.17) is 0 Å². The zero-order valence-corrected chi connectivity index (χ0v) is 13.6. The van der Waals surface area contributed by atoms with Crippen molar-refractivity contribution in [3.63, 3.8) is 0 Å². The Hall–Kier alpha value is -2.05. The van der Waals surface area contributed by atoms with Gasteiger partial charge in [0.2, 0.25) is 0 Å². The first-order valence-corrected chi connectivity index (χ1v) is 8.38. The highest BCUT2D eigenvalue weighted by Gasteiger charge is 2.17. The summed E-state index contributed by atoms with van der Waals surface area (Å²) in [7, 11) is 0. The third-order valence-electron chi connectivity index (χ3n) is 3.21. The van der Waals surface area contributed by atoms with Crippen LogP contribution in [0.1, 0.15) is 20.9 Å². The van der Waals surface area contributed by atoms with Crippen molar-refractivity contribution < 1.29 is 9.18 Å². The van der Waals surface area contributed by atoms with E-state index in [2.05, 4.69) is 10.3 Å². The fourth-order valence-electron chi connectivity index (χ4n) is 2.06. The number of thiazole rings is 1. The summed E-state index contributed by atoms with van der Waals surface area (Å²) in [4.78, 5) is 17.5. The molecule has 22 heavy (non-hydrogen) atoms. The average Bonchev–Trinajstić information content (AvgIpc) is 3.10. The third kappa shape index (κ3) is 2.93. The molecule has 0 aliphatic rings. The number of rotatable bonds is 3. The number of amides is 1. The third-order valence-corrected chi connectivity index (χ3v) is 5.10. The van der Waals surface area contributed by atoms with Crippen molar-refractivity contribution >= 4 is 34.3 Å². The molecule has 2 heterocycles. The van der Waals surface area contributed by atoms with Gasteiger partial charge in [-0.05, 0) is 49.1 Å². The molecule has 0 atom stereocenters. The van der Waals surface area contributed by atoms with E-state index >= 15 is 0 Å². The molecule has 1 N–H and O–H groups in total. The zero-order chi connectivity index (χ0) is 15.7. The van der Waals surface area contributed by atoms with Crippen LogP contribution in [0.5, 0.6) is 0 Å². The summed E-state index contributed by atoms with van der Waals surface area (Å²) in [5.41, 5.74) is 3.02. The first-order valence-electron chi connectivity index (χ1n) is 6.62. The summed E-state index contributed by atoms with van der Waals surface area (Å²) in [6.45, 7) is 3.58. The summed E-state index contributed by atoms with van der Waals surface area (Å²) in [6, 6.07) is 6.28. The minimum Gasteiger partial charge on any atom is -0.321 e. The quantitative estimate of drug-likeness (QED) is 0.743. The van der Waals surface area contributed by atoms with E-state index in [1.54, 1.807) is 24.3 Å². The number of benzene rings is 1. The Kier molecular flexibility index (Phi) is 4.04. The summed E-state index contributed by atoms with van der Waals surface area (Å²) >= 11 is 2.96. The van der Waals surface area contributed by atoms with E-state index in [0.29, 0.717) is 21.8 Å². The van der Waals surface area contributed by atoms with E-state index in [9.17, 15) is 9.18 Å². The Bertz CT molecular complexity index is 825. The second-order valence-electron chi connectivity index (χ2n) is 4.86. The van der Waals surface area contributed by atoms with E-state index < -0.39 is 0 Å². The molecule has 0 bridgehead atoms. The molecule has 3 aromatic rings. The molecule has 0 aliphatic carbocycles. The average molecular weight is 332 g/mol. The van der Waals surface area contributed by atoms with Crippen molar-refractivity contribution in [1.29, 1.82) is 0 Å². The Morgan fingerprint density at radius 1 is 1.27 bits per heavy atom. The number of carbonyl (C=O) groups excluding carboxylic acids is 1. The number of carbonyl (C=O) groups is 1. The maximum absolute atomic E-state index is 13.1. The van der Waals surface area contributed by atoms with Crippen LogP contribution in [-0.4, -0.2) is 10.9 Å². The standard InChI is InChI=1S/C16H13FN2OS2/c1-9-7-12(17)3-4-13(9)19-15(20)14-10(2)18-16(22-14)11-5-6-21-8-11/h3-8H,1-2H3,(H,19,20). The van der Waals surface area contributed by atoms with Crippen LogP contribution in [0, 0.1) is 19.7 Å². The molecule has 0 spiro atoms. The monoisotopic (exact) mass is 332 g/mol. The van der Waals surface area contributed by atoms with Crippen molar-refractivity contribution in [3.8, 4) is 10.6 Å². The zero-order valence-electron chi connectivity index (χ0n) is 12.0. The highest BCUT2D eigenvalue weighted by molar-refractivity contribution is 7.17. The fraction of sp³-hybridized carbons (Fsp3) is 0.125. The van der Waals surface area contributed by atoms with Crippen LogP contribution in [0.2, 0.25) is 0 Å². The molecule has 0 unspecified atom stereocenters. The van der Waals surface area contributed by atoms with Crippen LogP contribution in [0.25, 0.3) is 10.6 Å². The van der Waals surface area contributed by atoms with E-state index in [-0.39, 0.29) is 11.7 Å². The second-order valence-corrected chi connectivity index (χ2v) is 6.64. The lowest BCUT2D eigenvalue weighted by molar-refractivity contribution is 0.102. The molecule has 0 fully saturated rings. The van der Waals surface area contributed by atoms with Crippen LogP contribution < -0.4 is 5.32 Å². The molecular formula is C16H13FN2OS2. The van der Waals surface area contributed by atoms with Gasteiger partial charge in [-0.1, -0.05) is 0 Å². The predicted molar refractivity (Wildman–Crippen MR) is 89.3 cm³/mol. The first-order chi connectivity index (χ1) is 10.5. The van der Waals surface area contributed by atoms with Gasteiger partial charge in [0.1, 0.15) is 15.7 Å². The van der Waals surface area contributed by atoms with Gasteiger partial charge in [-0.2, -0.15) is 11.3 Å². The summed E-state index contributed by atoms with van der Waals surface area (Å²) in [6.07, 6.45) is 0. The highest BCUT2D eigenvalue weighted by atomic mass is 32.1. The lowest BCUT2D eigenvalue weighted by Crippen LogP contribution is -2.12. The highest BCUT2D eigenvalue weighted by Crippen LogP contribution is 2.30. The maximum atomic E-state index is 13.1. The topological polar surface area (TPSA) is 42.0 Å². The molecule has 112 valence electrons. The minimum atomic E-state index is -0.316. The molecular weight excluding hydrogens is 319 g/mol. The number of nitrogens with one attached hydrogen (secondary N) is 1. The smallest absolute Gasteiger partial charge is 0.267 e. The number of aromatic nitrogens is 1. The molecule has 3 nitrogen and oxygen atoms in total. The van der Waals surface area contributed by atoms with Gasteiger partial charge >= 0.3 is 0 Å². The molecule has 0 saturated carbocycles. The maximum Gasteiger partial charge on any atom is 0.267 e. The molecule has 0 saturated heterocycles. The van der Waals surface area contributed by atoms with Gasteiger partial charge in [0.25, 0.3) is 5.91 Å². The van der Waals surface area contributed by atoms with Gasteiger partial charge in [-0.25, -0.2) is 9.37 Å². The number of nitrogens with zero attached hydrogens (tertiary/aromatic N) is 1. The largest absolute Gasteiger partial charge is 0.321 e. The number of halogens is 1. The number of anilines is 1. The lowest BCUT2D eigenvalue weighted by atomic mass is 10.2. The number of thiophene rings is 1. The summed E-state index contributed by atoms with van der Waals surface area (Å²) in [5, 5.41) is 7.64. The molecule has 6 heteroatoms. The molecule has 1 amide bonds. The summed E-state index contributed by atoms with van der Waals surface area (Å²) < 4.78 is 13.1. The minimum absolute atomic E-state index is 0.216. The van der Waals surface area contributed by atoms with Gasteiger partial charge in [0, 0.05) is 16.6 Å². The van der Waals surface area contributed by atoms with E-state index in [1.165, 1.54) is 23.5 Å². The van der Waals surface area contributed by atoms with E-state index in [0.717, 1.165) is 10.6 Å². The molecule has 1 aromatic carbocycles. The van der Waals surface area contributed by atoms with Gasteiger partial charge in [0.05, 0.1) is 5.69 Å². The molecule has 3 rings (SSSR count). The van der Waals surface area contributed by atoms with Crippen LogP contribution in [-0.2, 0) is 0 Å². The van der Waals surface area contributed by atoms with Crippen molar-refractivity contribution in [3.05, 3.63) is 57.0 Å². The van der Waals surface area contributed by atoms with Crippen molar-refractivity contribution in [2.24, 2.45) is 0 Å². The Labute approximate surface area is 135 Å². The molecule has 2 aromatic heterocycles. The van der Waals surface area contributed by atoms with E-state index in [1.807, 2.05) is 23.8 Å². The van der Waals surface area contributed by atoms with Crippen molar-refractivity contribution in [1.82, 2.24) is 4.98 Å². The Balaban J connectivity index is 1.86. The van der Waals surface area contributed by atoms with Crippen LogP contribution in [0.4, 0.5) is 10.1 Å². The molecule has 0 aliphatic heterocycles. The number of aryl methyl sites for hydroxylation is 2. The first kappa shape index (κ1) is 14.9. The Morgan fingerprint density at radius 3 is 2.77 bits per heavy atom. The predicted octanol–water partition coefficient (Wildman–Crippen LogP) is 4.88. The normalized spacial score (nSPS) is 10.7.